The zero-order chi connectivity index (χ0) is 20.9. The van der Waals surface area contributed by atoms with Crippen molar-refractivity contribution in [3.05, 3.63) is 101 Å². The van der Waals surface area contributed by atoms with Crippen LogP contribution in [0.4, 0.5) is 0 Å². The van der Waals surface area contributed by atoms with E-state index in [1.165, 1.54) is 0 Å². The molecule has 0 aliphatic carbocycles. The Kier molecular flexibility index (Phi) is 5.65. The number of fused-ring (bicyclic) bond motifs is 1. The van der Waals surface area contributed by atoms with Gasteiger partial charge in [0.1, 0.15) is 5.75 Å². The minimum Gasteiger partial charge on any atom is -0.426 e. The van der Waals surface area contributed by atoms with Crippen molar-refractivity contribution in [3.8, 4) is 11.8 Å². The molecular weight excluding hydrogens is 396 g/mol. The fourth-order valence-corrected chi connectivity index (χ4v) is 3.34. The number of nitrogens with one attached hydrogen (secondary N) is 1. The summed E-state index contributed by atoms with van der Waals surface area (Å²) < 4.78 is 5.47. The second-order valence-corrected chi connectivity index (χ2v) is 7.19. The van der Waals surface area contributed by atoms with Gasteiger partial charge in [0.25, 0.3) is 0 Å². The quantitative estimate of drug-likeness (QED) is 0.188. The number of hydrogen-bond donors (Lipinski definition) is 1. The van der Waals surface area contributed by atoms with Crippen LogP contribution in [-0.4, -0.2) is 11.0 Å². The van der Waals surface area contributed by atoms with Gasteiger partial charge < -0.3 is 9.72 Å². The van der Waals surface area contributed by atoms with E-state index < -0.39 is 0 Å². The van der Waals surface area contributed by atoms with Crippen molar-refractivity contribution in [2.75, 3.05) is 0 Å². The summed E-state index contributed by atoms with van der Waals surface area (Å²) >= 11 is 5.91. The Hall–Kier alpha value is -3.81. The van der Waals surface area contributed by atoms with Crippen molar-refractivity contribution in [1.82, 2.24) is 4.98 Å². The first-order chi connectivity index (χ1) is 14.6. The van der Waals surface area contributed by atoms with Crippen molar-refractivity contribution < 1.29 is 9.53 Å². The van der Waals surface area contributed by atoms with Crippen molar-refractivity contribution in [3.63, 3.8) is 0 Å². The zero-order valence-corrected chi connectivity index (χ0v) is 16.7. The molecule has 4 aromatic rings. The number of carbonyl (C=O) groups is 1. The Morgan fingerprint density at radius 1 is 1.03 bits per heavy atom. The SMILES string of the molecule is N#C/C(=C/c1ccc(OC(=O)Cc2c[nH]c3ccccc23)cc1)c1ccc(Cl)cc1. The van der Waals surface area contributed by atoms with Crippen LogP contribution in [0.1, 0.15) is 16.7 Å². The molecule has 146 valence electrons. The van der Waals surface area contributed by atoms with Gasteiger partial charge in [0.15, 0.2) is 0 Å². The summed E-state index contributed by atoms with van der Waals surface area (Å²) in [6, 6.07) is 24.2. The first-order valence-corrected chi connectivity index (χ1v) is 9.73. The van der Waals surface area contributed by atoms with Crippen molar-refractivity contribution in [2.45, 2.75) is 6.42 Å². The number of aromatic amines is 1. The highest BCUT2D eigenvalue weighted by atomic mass is 35.5. The van der Waals surface area contributed by atoms with E-state index in [1.807, 2.05) is 42.6 Å². The standard InChI is InChI=1S/C25H17ClN2O2/c26-21-9-7-18(8-10-21)19(15-27)13-17-5-11-22(12-6-17)30-25(29)14-20-16-28-24-4-2-1-3-23(20)24/h1-13,16,28H,14H2/b19-13-. The molecule has 3 aromatic carbocycles. The summed E-state index contributed by atoms with van der Waals surface area (Å²) in [6.45, 7) is 0. The van der Waals surface area contributed by atoms with Gasteiger partial charge >= 0.3 is 5.97 Å². The minimum atomic E-state index is -0.332. The molecule has 0 radical (unpaired) electrons. The summed E-state index contributed by atoms with van der Waals surface area (Å²) in [7, 11) is 0. The third-order valence-electron chi connectivity index (χ3n) is 4.71. The number of esters is 1. The molecule has 0 amide bonds. The van der Waals surface area contributed by atoms with Gasteiger partial charge in [-0.1, -0.05) is 54.1 Å². The Morgan fingerprint density at radius 3 is 2.50 bits per heavy atom. The first kappa shape index (κ1) is 19.5. The average Bonchev–Trinajstić information content (AvgIpc) is 3.17. The molecule has 0 saturated carbocycles. The fraction of sp³-hybridized carbons (Fsp3) is 0.0400. The number of allylic oxidation sites excluding steroid dienone is 1. The molecule has 1 N–H and O–H groups in total. The lowest BCUT2D eigenvalue weighted by Crippen LogP contribution is -2.10. The lowest BCUT2D eigenvalue weighted by molar-refractivity contribution is -0.133. The number of hydrogen-bond acceptors (Lipinski definition) is 3. The molecule has 0 unspecified atom stereocenters. The smallest absolute Gasteiger partial charge is 0.315 e. The predicted octanol–water partition coefficient (Wildman–Crippen LogP) is 6.03. The second kappa shape index (κ2) is 8.69. The predicted molar refractivity (Wildman–Crippen MR) is 119 cm³/mol. The van der Waals surface area contributed by atoms with Gasteiger partial charge in [0.2, 0.25) is 0 Å². The number of halogens is 1. The highest BCUT2D eigenvalue weighted by molar-refractivity contribution is 6.30. The summed E-state index contributed by atoms with van der Waals surface area (Å²) in [6.07, 6.45) is 3.79. The Labute approximate surface area is 179 Å². The average molecular weight is 413 g/mol. The third-order valence-corrected chi connectivity index (χ3v) is 4.96. The number of ether oxygens (including phenoxy) is 1. The molecule has 0 aliphatic heterocycles. The summed E-state index contributed by atoms with van der Waals surface area (Å²) in [5.74, 6) is 0.129. The van der Waals surface area contributed by atoms with Gasteiger partial charge in [-0.3, -0.25) is 4.79 Å². The fourth-order valence-electron chi connectivity index (χ4n) is 3.21. The molecule has 1 aromatic heterocycles. The molecule has 5 heteroatoms. The van der Waals surface area contributed by atoms with E-state index in [0.29, 0.717) is 16.3 Å². The molecule has 30 heavy (non-hydrogen) atoms. The molecule has 0 spiro atoms. The largest absolute Gasteiger partial charge is 0.426 e. The minimum absolute atomic E-state index is 0.181. The topological polar surface area (TPSA) is 65.9 Å². The van der Waals surface area contributed by atoms with Crippen LogP contribution in [0.5, 0.6) is 5.75 Å². The molecule has 4 rings (SSSR count). The number of nitriles is 1. The second-order valence-electron chi connectivity index (χ2n) is 6.76. The van der Waals surface area contributed by atoms with E-state index in [1.54, 1.807) is 42.5 Å². The van der Waals surface area contributed by atoms with E-state index in [0.717, 1.165) is 27.6 Å². The number of rotatable bonds is 5. The number of aromatic nitrogens is 1. The van der Waals surface area contributed by atoms with E-state index in [9.17, 15) is 10.1 Å². The molecule has 0 bridgehead atoms. The summed E-state index contributed by atoms with van der Waals surface area (Å²) in [5, 5.41) is 11.1. The molecule has 0 saturated heterocycles. The van der Waals surface area contributed by atoms with Gasteiger partial charge in [-0.15, -0.1) is 0 Å². The maximum atomic E-state index is 12.3. The summed E-state index contributed by atoms with van der Waals surface area (Å²) in [5.41, 5.74) is 4.03. The lowest BCUT2D eigenvalue weighted by Gasteiger charge is -2.05. The van der Waals surface area contributed by atoms with Crippen LogP contribution in [-0.2, 0) is 11.2 Å². The maximum Gasteiger partial charge on any atom is 0.315 e. The van der Waals surface area contributed by atoms with E-state index in [2.05, 4.69) is 11.1 Å². The lowest BCUT2D eigenvalue weighted by atomic mass is 10.0. The number of carbonyl (C=O) groups excluding carboxylic acids is 1. The van der Waals surface area contributed by atoms with Crippen LogP contribution >= 0.6 is 11.6 Å². The third kappa shape index (κ3) is 4.43. The van der Waals surface area contributed by atoms with Crippen LogP contribution in [0.2, 0.25) is 5.02 Å². The normalized spacial score (nSPS) is 11.3. The number of H-pyrrole nitrogens is 1. The maximum absolute atomic E-state index is 12.3. The molecule has 1 heterocycles. The van der Waals surface area contributed by atoms with Gasteiger partial charge in [0.05, 0.1) is 18.1 Å². The first-order valence-electron chi connectivity index (χ1n) is 9.36. The number of para-hydroxylation sites is 1. The molecular formula is C25H17ClN2O2. The van der Waals surface area contributed by atoms with Crippen molar-refractivity contribution >= 4 is 40.1 Å². The van der Waals surface area contributed by atoms with Crippen molar-refractivity contribution in [1.29, 1.82) is 5.26 Å². The molecule has 4 nitrogen and oxygen atoms in total. The van der Waals surface area contributed by atoms with Crippen molar-refractivity contribution in [2.24, 2.45) is 0 Å². The van der Waals surface area contributed by atoms with E-state index in [-0.39, 0.29) is 12.4 Å². The van der Waals surface area contributed by atoms with Crippen LogP contribution < -0.4 is 4.74 Å². The van der Waals surface area contributed by atoms with Crippen LogP contribution in [0.3, 0.4) is 0 Å². The van der Waals surface area contributed by atoms with Gasteiger partial charge in [-0.05, 0) is 53.1 Å². The van der Waals surface area contributed by atoms with Crippen LogP contribution in [0.25, 0.3) is 22.6 Å². The van der Waals surface area contributed by atoms with Gasteiger partial charge in [-0.2, -0.15) is 5.26 Å². The van der Waals surface area contributed by atoms with E-state index >= 15 is 0 Å². The Balaban J connectivity index is 1.45. The van der Waals surface area contributed by atoms with Crippen LogP contribution in [0, 0.1) is 11.3 Å². The monoisotopic (exact) mass is 412 g/mol. The number of benzene rings is 3. The highest BCUT2D eigenvalue weighted by Crippen LogP contribution is 2.22. The van der Waals surface area contributed by atoms with Gasteiger partial charge in [-0.25, -0.2) is 0 Å². The Morgan fingerprint density at radius 2 is 1.77 bits per heavy atom. The van der Waals surface area contributed by atoms with E-state index in [4.69, 9.17) is 16.3 Å². The molecule has 0 aliphatic rings. The Bertz CT molecular complexity index is 1260. The molecule has 0 atom stereocenters. The molecule has 0 fully saturated rings. The summed E-state index contributed by atoms with van der Waals surface area (Å²) in [4.78, 5) is 15.5. The van der Waals surface area contributed by atoms with Crippen LogP contribution in [0.15, 0.2) is 79.0 Å². The highest BCUT2D eigenvalue weighted by Gasteiger charge is 2.11. The number of nitrogens with zero attached hydrogens (tertiary/aromatic N) is 1. The van der Waals surface area contributed by atoms with Gasteiger partial charge in [0, 0.05) is 22.1 Å². The zero-order valence-electron chi connectivity index (χ0n) is 15.9.